The number of pyridine rings is 2. The van der Waals surface area contributed by atoms with Crippen LogP contribution in [0.5, 0.6) is 0 Å². The number of likely N-dealkylation sites (tertiary alicyclic amines) is 1. The summed E-state index contributed by atoms with van der Waals surface area (Å²) in [5.74, 6) is 0.908. The number of ether oxygens (including phenoxy) is 1. The number of anilines is 1. The van der Waals surface area contributed by atoms with Gasteiger partial charge in [-0.15, -0.1) is 0 Å². The van der Waals surface area contributed by atoms with Crippen LogP contribution in [0.4, 0.5) is 10.6 Å². The third-order valence-electron chi connectivity index (χ3n) is 7.83. The average Bonchev–Trinajstić information content (AvgIpc) is 3.52. The van der Waals surface area contributed by atoms with E-state index >= 15 is 0 Å². The summed E-state index contributed by atoms with van der Waals surface area (Å²) < 4.78 is 9.16. The van der Waals surface area contributed by atoms with Gasteiger partial charge < -0.3 is 14.5 Å². The first-order chi connectivity index (χ1) is 18.7. The number of rotatable bonds is 3. The van der Waals surface area contributed by atoms with Crippen molar-refractivity contribution in [3.8, 4) is 28.3 Å². The van der Waals surface area contributed by atoms with Gasteiger partial charge in [0.1, 0.15) is 17.5 Å². The number of aromatic nitrogens is 5. The average molecular weight is 525 g/mol. The van der Waals surface area contributed by atoms with E-state index in [-0.39, 0.29) is 11.6 Å². The minimum absolute atomic E-state index is 0.104. The van der Waals surface area contributed by atoms with Crippen molar-refractivity contribution in [2.24, 2.45) is 7.05 Å². The van der Waals surface area contributed by atoms with Crippen molar-refractivity contribution in [1.82, 2.24) is 29.3 Å². The van der Waals surface area contributed by atoms with Gasteiger partial charge in [-0.1, -0.05) is 0 Å². The van der Waals surface area contributed by atoms with Gasteiger partial charge in [0.25, 0.3) is 0 Å². The molecule has 2 aliphatic heterocycles. The fourth-order valence-corrected chi connectivity index (χ4v) is 5.70. The van der Waals surface area contributed by atoms with E-state index in [1.54, 1.807) is 15.4 Å². The van der Waals surface area contributed by atoms with Gasteiger partial charge in [0, 0.05) is 67.5 Å². The number of amides is 1. The molecule has 4 aromatic rings. The molecule has 6 heterocycles. The van der Waals surface area contributed by atoms with Crippen molar-refractivity contribution in [3.05, 3.63) is 54.7 Å². The molecule has 10 heteroatoms. The van der Waals surface area contributed by atoms with Crippen LogP contribution in [0, 0.1) is 11.3 Å². The quantitative estimate of drug-likeness (QED) is 0.384. The molecule has 4 aromatic heterocycles. The fraction of sp³-hybridized carbons (Fsp3) is 0.414. The van der Waals surface area contributed by atoms with Crippen molar-refractivity contribution in [2.75, 3.05) is 24.5 Å². The van der Waals surface area contributed by atoms with Gasteiger partial charge in [-0.2, -0.15) is 15.5 Å². The Morgan fingerprint density at radius 1 is 1.00 bits per heavy atom. The van der Waals surface area contributed by atoms with E-state index in [4.69, 9.17) is 9.72 Å². The molecule has 10 nitrogen and oxygen atoms in total. The first kappa shape index (κ1) is 24.9. The Kier molecular flexibility index (Phi) is 5.83. The van der Waals surface area contributed by atoms with E-state index in [1.165, 1.54) is 0 Å². The highest BCUT2D eigenvalue weighted by Crippen LogP contribution is 2.41. The summed E-state index contributed by atoms with van der Waals surface area (Å²) in [5.41, 5.74) is 4.41. The minimum atomic E-state index is -0.492. The second-order valence-corrected chi connectivity index (χ2v) is 11.5. The second-order valence-electron chi connectivity index (χ2n) is 11.5. The molecular weight excluding hydrogens is 492 g/mol. The molecule has 1 spiro atoms. The summed E-state index contributed by atoms with van der Waals surface area (Å²) in [6.45, 7) is 8.13. The normalized spacial score (nSPS) is 16.8. The van der Waals surface area contributed by atoms with Gasteiger partial charge in [0.2, 0.25) is 0 Å². The van der Waals surface area contributed by atoms with Crippen molar-refractivity contribution in [3.63, 3.8) is 0 Å². The van der Waals surface area contributed by atoms with Crippen molar-refractivity contribution < 1.29 is 9.53 Å². The Bertz CT molecular complexity index is 1580. The molecule has 2 fully saturated rings. The third kappa shape index (κ3) is 4.48. The lowest BCUT2D eigenvalue weighted by molar-refractivity contribution is -0.0542. The van der Waals surface area contributed by atoms with Crippen molar-refractivity contribution in [1.29, 1.82) is 5.26 Å². The number of aryl methyl sites for hydroxylation is 1. The van der Waals surface area contributed by atoms with Gasteiger partial charge in [0.15, 0.2) is 0 Å². The molecule has 200 valence electrons. The lowest BCUT2D eigenvalue weighted by Crippen LogP contribution is -2.66. The number of hydrogen-bond donors (Lipinski definition) is 0. The Hall–Kier alpha value is -4.39. The maximum Gasteiger partial charge on any atom is 0.410 e. The predicted molar refractivity (Wildman–Crippen MR) is 147 cm³/mol. The lowest BCUT2D eigenvalue weighted by Gasteiger charge is -2.56. The van der Waals surface area contributed by atoms with Gasteiger partial charge in [-0.05, 0) is 58.2 Å². The molecule has 0 aliphatic carbocycles. The van der Waals surface area contributed by atoms with Crippen molar-refractivity contribution >= 4 is 17.4 Å². The highest BCUT2D eigenvalue weighted by atomic mass is 16.6. The van der Waals surface area contributed by atoms with Gasteiger partial charge in [-0.3, -0.25) is 4.68 Å². The number of carbonyl (C=O) groups excluding carboxylic acids is 1. The zero-order valence-corrected chi connectivity index (χ0v) is 22.8. The molecular formula is C29H32N8O2. The summed E-state index contributed by atoms with van der Waals surface area (Å²) >= 11 is 0. The molecule has 2 saturated heterocycles. The van der Waals surface area contributed by atoms with Crippen LogP contribution >= 0.6 is 0 Å². The molecule has 0 atom stereocenters. The lowest BCUT2D eigenvalue weighted by atomic mass is 9.76. The molecule has 0 radical (unpaired) electrons. The third-order valence-corrected chi connectivity index (χ3v) is 7.83. The number of nitrogens with zero attached hydrogens (tertiary/aromatic N) is 8. The Morgan fingerprint density at radius 2 is 1.77 bits per heavy atom. The van der Waals surface area contributed by atoms with E-state index in [2.05, 4.69) is 33.3 Å². The van der Waals surface area contributed by atoms with E-state index in [9.17, 15) is 10.1 Å². The number of hydrogen-bond acceptors (Lipinski definition) is 7. The zero-order chi connectivity index (χ0) is 27.4. The van der Waals surface area contributed by atoms with Crippen LogP contribution in [0.15, 0.2) is 49.2 Å². The van der Waals surface area contributed by atoms with Crippen LogP contribution in [0.2, 0.25) is 0 Å². The van der Waals surface area contributed by atoms with Gasteiger partial charge >= 0.3 is 6.09 Å². The first-order valence-electron chi connectivity index (χ1n) is 13.3. The minimum Gasteiger partial charge on any atom is -0.444 e. The van der Waals surface area contributed by atoms with Gasteiger partial charge in [-0.25, -0.2) is 14.3 Å². The maximum absolute atomic E-state index is 12.7. The molecule has 39 heavy (non-hydrogen) atoms. The second kappa shape index (κ2) is 9.12. The van der Waals surface area contributed by atoms with E-state index in [0.29, 0.717) is 5.56 Å². The van der Waals surface area contributed by atoms with Crippen LogP contribution in [0.3, 0.4) is 0 Å². The van der Waals surface area contributed by atoms with Crippen LogP contribution < -0.4 is 4.90 Å². The Labute approximate surface area is 227 Å². The molecule has 0 saturated carbocycles. The zero-order valence-electron chi connectivity index (χ0n) is 22.8. The van der Waals surface area contributed by atoms with E-state index < -0.39 is 5.60 Å². The molecule has 6 rings (SSSR count). The number of nitriles is 1. The first-order valence-corrected chi connectivity index (χ1v) is 13.3. The Morgan fingerprint density at radius 3 is 2.36 bits per heavy atom. The summed E-state index contributed by atoms with van der Waals surface area (Å²) in [4.78, 5) is 21.7. The van der Waals surface area contributed by atoms with Crippen LogP contribution in [0.1, 0.15) is 45.6 Å². The summed E-state index contributed by atoms with van der Waals surface area (Å²) in [7, 11) is 1.88. The van der Waals surface area contributed by atoms with Crippen LogP contribution in [-0.2, 0) is 11.8 Å². The van der Waals surface area contributed by atoms with Crippen LogP contribution in [-0.4, -0.2) is 66.1 Å². The monoisotopic (exact) mass is 524 g/mol. The van der Waals surface area contributed by atoms with Crippen molar-refractivity contribution in [2.45, 2.75) is 51.2 Å². The number of carbonyl (C=O) groups is 1. The largest absolute Gasteiger partial charge is 0.444 e. The summed E-state index contributed by atoms with van der Waals surface area (Å²) in [6.07, 6.45) is 11.7. The summed E-state index contributed by atoms with van der Waals surface area (Å²) in [6, 6.07) is 8.42. The maximum atomic E-state index is 12.7. The van der Waals surface area contributed by atoms with Gasteiger partial charge in [0.05, 0.1) is 29.0 Å². The number of fused-ring (bicyclic) bond motifs is 1. The predicted octanol–water partition coefficient (Wildman–Crippen LogP) is 4.65. The molecule has 0 bridgehead atoms. The molecule has 2 aliphatic rings. The van der Waals surface area contributed by atoms with Crippen LogP contribution in [0.25, 0.3) is 27.8 Å². The van der Waals surface area contributed by atoms with E-state index in [1.807, 2.05) is 63.6 Å². The standard InChI is InChI=1S/C29H32N8O2/c1-28(2,3)39-27(38)36-12-9-29(36)7-10-35(11-8-29)25-6-5-20(15-31-25)24-13-21(23-17-32-34(4)18-23)19-37-26(24)22(14-30)16-33-37/h5-6,13,15-19H,7-12H2,1-4H3. The number of piperidine rings is 1. The highest BCUT2D eigenvalue weighted by molar-refractivity contribution is 5.87. The highest BCUT2D eigenvalue weighted by Gasteiger charge is 2.50. The fourth-order valence-electron chi connectivity index (χ4n) is 5.70. The molecule has 1 amide bonds. The molecule has 0 unspecified atom stereocenters. The molecule has 0 N–H and O–H groups in total. The molecule has 0 aromatic carbocycles. The smallest absolute Gasteiger partial charge is 0.410 e. The topological polar surface area (TPSA) is 105 Å². The SMILES string of the molecule is Cn1cc(-c2cc(-c3ccc(N4CCC5(CC4)CCN5C(=O)OC(C)(C)C)nc3)c3c(C#N)cnn3c2)cn1. The van der Waals surface area contributed by atoms with E-state index in [0.717, 1.165) is 72.5 Å². The Balaban J connectivity index is 1.23. The summed E-state index contributed by atoms with van der Waals surface area (Å²) in [5, 5.41) is 18.4.